The van der Waals surface area contributed by atoms with Crippen LogP contribution in [0, 0.1) is 11.6 Å². The molecule has 3 atom stereocenters. The van der Waals surface area contributed by atoms with Gasteiger partial charge < -0.3 is 10.1 Å². The van der Waals surface area contributed by atoms with Crippen LogP contribution >= 0.6 is 0 Å². The number of anilines is 2. The summed E-state index contributed by atoms with van der Waals surface area (Å²) in [5.74, 6) is -2.51. The van der Waals surface area contributed by atoms with Crippen molar-refractivity contribution in [2.24, 2.45) is 0 Å². The molecule has 0 radical (unpaired) electrons. The van der Waals surface area contributed by atoms with E-state index < -0.39 is 32.9 Å². The van der Waals surface area contributed by atoms with Gasteiger partial charge >= 0.3 is 6.36 Å². The molecule has 2 N–H and O–H groups in total. The van der Waals surface area contributed by atoms with Gasteiger partial charge in [-0.2, -0.15) is 0 Å². The smallest absolute Gasteiger partial charge is 0.406 e. The predicted molar refractivity (Wildman–Crippen MR) is 141 cm³/mol. The third-order valence-electron chi connectivity index (χ3n) is 7.46. The first-order valence-electron chi connectivity index (χ1n) is 13.1. The van der Waals surface area contributed by atoms with Crippen LogP contribution in [0.3, 0.4) is 0 Å². The van der Waals surface area contributed by atoms with Crippen LogP contribution in [-0.2, 0) is 10.0 Å². The number of likely N-dealkylation sites (tertiary alicyclic amines) is 1. The van der Waals surface area contributed by atoms with Crippen molar-refractivity contribution in [2.75, 3.05) is 23.1 Å². The summed E-state index contributed by atoms with van der Waals surface area (Å²) in [4.78, 5) is 8.82. The SMILES string of the molecule is O=S(=O)(Nc1ccncn1)c1cc(F)c(N[C@H]2CC[C@H](c3cccc(OC(F)(F)F)c3)C[C@@H]2N2CCCC2)cc1F. The Bertz CT molecular complexity index is 1470. The molecule has 14 heteroatoms. The molecule has 0 amide bonds. The fourth-order valence-corrected chi connectivity index (χ4v) is 6.73. The maximum atomic E-state index is 15.2. The molecule has 2 fully saturated rings. The Morgan fingerprint density at radius 1 is 1.00 bits per heavy atom. The number of sulfonamides is 1. The molecule has 0 spiro atoms. The van der Waals surface area contributed by atoms with E-state index in [1.165, 1.54) is 30.5 Å². The Labute approximate surface area is 234 Å². The summed E-state index contributed by atoms with van der Waals surface area (Å²) in [5, 5.41) is 3.09. The van der Waals surface area contributed by atoms with E-state index in [9.17, 15) is 21.6 Å². The first-order chi connectivity index (χ1) is 19.5. The monoisotopic (exact) mass is 597 g/mol. The summed E-state index contributed by atoms with van der Waals surface area (Å²) in [6, 6.07) is 8.28. The minimum Gasteiger partial charge on any atom is -0.406 e. The van der Waals surface area contributed by atoms with Crippen molar-refractivity contribution >= 4 is 21.5 Å². The molecule has 2 aliphatic rings. The fourth-order valence-electron chi connectivity index (χ4n) is 5.65. The lowest BCUT2D eigenvalue weighted by atomic mass is 9.78. The highest BCUT2D eigenvalue weighted by Crippen LogP contribution is 2.39. The second-order valence-corrected chi connectivity index (χ2v) is 11.8. The molecule has 1 saturated heterocycles. The van der Waals surface area contributed by atoms with Gasteiger partial charge in [-0.25, -0.2) is 27.2 Å². The van der Waals surface area contributed by atoms with Crippen molar-refractivity contribution in [3.63, 3.8) is 0 Å². The van der Waals surface area contributed by atoms with Crippen molar-refractivity contribution < 1.29 is 35.1 Å². The third-order valence-corrected chi connectivity index (χ3v) is 8.83. The van der Waals surface area contributed by atoms with E-state index in [2.05, 4.69) is 29.6 Å². The van der Waals surface area contributed by atoms with Gasteiger partial charge in [0.2, 0.25) is 0 Å². The number of hydrogen-bond donors (Lipinski definition) is 2. The highest BCUT2D eigenvalue weighted by Gasteiger charge is 2.37. The summed E-state index contributed by atoms with van der Waals surface area (Å²) in [7, 11) is -4.47. The van der Waals surface area contributed by atoms with Crippen LogP contribution < -0.4 is 14.8 Å². The summed E-state index contributed by atoms with van der Waals surface area (Å²) in [5.41, 5.74) is 0.550. The van der Waals surface area contributed by atoms with Crippen LogP contribution in [0.2, 0.25) is 0 Å². The number of ether oxygens (including phenoxy) is 1. The van der Waals surface area contributed by atoms with E-state index in [1.807, 2.05) is 0 Å². The molecule has 3 aromatic rings. The van der Waals surface area contributed by atoms with E-state index in [4.69, 9.17) is 0 Å². The highest BCUT2D eigenvalue weighted by molar-refractivity contribution is 7.92. The van der Waals surface area contributed by atoms with E-state index in [-0.39, 0.29) is 35.3 Å². The molecule has 2 aromatic carbocycles. The van der Waals surface area contributed by atoms with Crippen molar-refractivity contribution in [3.8, 4) is 5.75 Å². The molecule has 1 saturated carbocycles. The largest absolute Gasteiger partial charge is 0.573 e. The lowest BCUT2D eigenvalue weighted by molar-refractivity contribution is -0.274. The molecule has 220 valence electrons. The molecule has 8 nitrogen and oxygen atoms in total. The van der Waals surface area contributed by atoms with Crippen LogP contribution in [0.25, 0.3) is 0 Å². The summed E-state index contributed by atoms with van der Waals surface area (Å²) >= 11 is 0. The average molecular weight is 598 g/mol. The van der Waals surface area contributed by atoms with Crippen molar-refractivity contribution in [1.82, 2.24) is 14.9 Å². The molecule has 1 aliphatic carbocycles. The van der Waals surface area contributed by atoms with E-state index in [1.54, 1.807) is 6.07 Å². The van der Waals surface area contributed by atoms with Gasteiger partial charge in [0, 0.05) is 24.3 Å². The summed E-state index contributed by atoms with van der Waals surface area (Å²) < 4.78 is 100. The number of alkyl halides is 3. The molecular weight excluding hydrogens is 569 g/mol. The number of rotatable bonds is 8. The third kappa shape index (κ3) is 7.04. The number of benzene rings is 2. The second-order valence-electron chi connectivity index (χ2n) is 10.2. The Balaban J connectivity index is 1.35. The molecular formula is C27H28F5N5O3S. The Morgan fingerprint density at radius 2 is 1.78 bits per heavy atom. The van der Waals surface area contributed by atoms with E-state index >= 15 is 8.78 Å². The lowest BCUT2D eigenvalue weighted by Gasteiger charge is -2.42. The zero-order chi connectivity index (χ0) is 29.2. The van der Waals surface area contributed by atoms with Crippen molar-refractivity contribution in [1.29, 1.82) is 0 Å². The van der Waals surface area contributed by atoms with Crippen LogP contribution in [0.4, 0.5) is 33.5 Å². The first-order valence-corrected chi connectivity index (χ1v) is 14.6. The zero-order valence-electron chi connectivity index (χ0n) is 21.7. The normalized spacial score (nSPS) is 21.9. The van der Waals surface area contributed by atoms with E-state index in [0.29, 0.717) is 25.3 Å². The molecule has 0 unspecified atom stereocenters. The molecule has 2 heterocycles. The van der Waals surface area contributed by atoms with Gasteiger partial charge in [-0.05, 0) is 80.9 Å². The van der Waals surface area contributed by atoms with Gasteiger partial charge in [0.25, 0.3) is 10.0 Å². The predicted octanol–water partition coefficient (Wildman–Crippen LogP) is 5.67. The van der Waals surface area contributed by atoms with Crippen LogP contribution in [0.5, 0.6) is 5.75 Å². The summed E-state index contributed by atoms with van der Waals surface area (Å²) in [6.07, 6.45) is 1.30. The van der Waals surface area contributed by atoms with Crippen molar-refractivity contribution in [3.05, 3.63) is 72.2 Å². The molecule has 1 aromatic heterocycles. The molecule has 1 aliphatic heterocycles. The quantitative estimate of drug-likeness (QED) is 0.323. The van der Waals surface area contributed by atoms with Crippen LogP contribution in [-0.4, -0.2) is 54.8 Å². The van der Waals surface area contributed by atoms with Gasteiger partial charge in [0.05, 0.1) is 5.69 Å². The van der Waals surface area contributed by atoms with Gasteiger partial charge in [0.15, 0.2) is 0 Å². The first kappa shape index (κ1) is 29.0. The summed E-state index contributed by atoms with van der Waals surface area (Å²) in [6.45, 7) is 1.63. The number of nitrogens with one attached hydrogen (secondary N) is 2. The van der Waals surface area contributed by atoms with Crippen LogP contribution in [0.1, 0.15) is 43.6 Å². The van der Waals surface area contributed by atoms with Crippen molar-refractivity contribution in [2.45, 2.75) is 61.4 Å². The number of aromatic nitrogens is 2. The topological polar surface area (TPSA) is 96.5 Å². The Hall–Kier alpha value is -3.52. The molecule has 41 heavy (non-hydrogen) atoms. The zero-order valence-corrected chi connectivity index (χ0v) is 22.6. The fraction of sp³-hybridized carbons (Fsp3) is 0.407. The average Bonchev–Trinajstić information content (AvgIpc) is 3.45. The van der Waals surface area contributed by atoms with Gasteiger partial charge in [-0.15, -0.1) is 13.2 Å². The minimum atomic E-state index is -4.79. The van der Waals surface area contributed by atoms with Gasteiger partial charge in [-0.3, -0.25) is 9.62 Å². The van der Waals surface area contributed by atoms with Gasteiger partial charge in [0.1, 0.15) is 34.4 Å². The second kappa shape index (κ2) is 11.8. The number of halogens is 5. The van der Waals surface area contributed by atoms with Gasteiger partial charge in [-0.1, -0.05) is 12.1 Å². The minimum absolute atomic E-state index is 0.0580. The van der Waals surface area contributed by atoms with Crippen LogP contribution in [0.15, 0.2) is 59.9 Å². The Morgan fingerprint density at radius 3 is 2.49 bits per heavy atom. The Kier molecular flexibility index (Phi) is 8.32. The highest BCUT2D eigenvalue weighted by atomic mass is 32.2. The number of nitrogens with zero attached hydrogens (tertiary/aromatic N) is 3. The molecule has 5 rings (SSSR count). The lowest BCUT2D eigenvalue weighted by Crippen LogP contribution is -2.49. The standard InChI is InChI=1S/C27H28F5N5O3S/c28-20-15-25(41(38,39)36-26-8-9-33-16-34-26)21(29)14-23(20)35-22-7-6-18(13-24(22)37-10-1-2-11-37)17-4-3-5-19(12-17)40-27(30,31)32/h3-5,8-9,12,14-16,18,22,24,35H,1-2,6-7,10-11,13H2,(H,33,34,36)/t18-,22-,24-/m0/s1. The molecule has 0 bridgehead atoms. The number of hydrogen-bond acceptors (Lipinski definition) is 7. The maximum absolute atomic E-state index is 15.2. The van der Waals surface area contributed by atoms with E-state index in [0.717, 1.165) is 43.9 Å². The maximum Gasteiger partial charge on any atom is 0.573 e.